The smallest absolute Gasteiger partial charge is 0.164 e. The third-order valence-electron chi connectivity index (χ3n) is 13.5. The van der Waals surface area contributed by atoms with E-state index in [1.54, 1.807) is 0 Å². The number of aromatic nitrogens is 4. The normalized spacial score (nSPS) is 13.2. The van der Waals surface area contributed by atoms with Crippen LogP contribution in [0.1, 0.15) is 22.3 Å². The highest BCUT2D eigenvalue weighted by atomic mass is 16.3. The van der Waals surface area contributed by atoms with E-state index in [2.05, 4.69) is 138 Å². The molecule has 0 unspecified atom stereocenters. The van der Waals surface area contributed by atoms with Crippen LogP contribution in [0.5, 0.6) is 0 Å². The van der Waals surface area contributed by atoms with Crippen molar-refractivity contribution in [2.45, 2.75) is 5.41 Å². The lowest BCUT2D eigenvalue weighted by atomic mass is 9.70. The van der Waals surface area contributed by atoms with Gasteiger partial charge in [-0.05, 0) is 87.0 Å². The zero-order valence-corrected chi connectivity index (χ0v) is 33.8. The van der Waals surface area contributed by atoms with Crippen LogP contribution in [0.4, 0.5) is 0 Å². The maximum absolute atomic E-state index is 6.62. The molecular weight excluding hydrogens is 769 g/mol. The fourth-order valence-corrected chi connectivity index (χ4v) is 10.9. The van der Waals surface area contributed by atoms with Crippen LogP contribution in [0.25, 0.3) is 106 Å². The standard InChI is InChI=1S/C58H34N4O/c1-3-16-35(17-4-1)55-59-56(36-18-5-2-6-19-36)61-57(60-55)42-24-15-29-53-54(42)45-32-37(30-31-52(45)63-53)62-50-28-14-10-23-41(50)44-33-49-43(34-51(44)62)40-22-9-13-27-48(40)58(49)46-25-11-7-20-38(46)39-21-8-12-26-47(39)58/h1-34H. The van der Waals surface area contributed by atoms with Crippen LogP contribution in [0.2, 0.25) is 0 Å². The fraction of sp³-hybridized carbons (Fsp3) is 0.0172. The second-order valence-electron chi connectivity index (χ2n) is 16.7. The lowest BCUT2D eigenvalue weighted by Crippen LogP contribution is -2.25. The van der Waals surface area contributed by atoms with Gasteiger partial charge in [-0.2, -0.15) is 0 Å². The topological polar surface area (TPSA) is 56.7 Å². The van der Waals surface area contributed by atoms with Gasteiger partial charge in [0.15, 0.2) is 17.5 Å². The largest absolute Gasteiger partial charge is 0.456 e. The minimum Gasteiger partial charge on any atom is -0.456 e. The molecule has 0 saturated heterocycles. The Morgan fingerprint density at radius 1 is 0.349 bits per heavy atom. The van der Waals surface area contributed by atoms with Gasteiger partial charge in [-0.1, -0.05) is 164 Å². The highest BCUT2D eigenvalue weighted by Crippen LogP contribution is 2.63. The van der Waals surface area contributed by atoms with E-state index < -0.39 is 5.41 Å². The molecule has 0 atom stereocenters. The Balaban J connectivity index is 1.02. The first-order valence-electron chi connectivity index (χ1n) is 21.4. The van der Waals surface area contributed by atoms with Crippen LogP contribution in [0.15, 0.2) is 211 Å². The molecule has 5 heteroatoms. The van der Waals surface area contributed by atoms with Crippen molar-refractivity contribution in [3.63, 3.8) is 0 Å². The fourth-order valence-electron chi connectivity index (χ4n) is 10.9. The van der Waals surface area contributed by atoms with Crippen molar-refractivity contribution in [2.24, 2.45) is 0 Å². The maximum atomic E-state index is 6.62. The van der Waals surface area contributed by atoms with Gasteiger partial charge in [0.1, 0.15) is 11.2 Å². The van der Waals surface area contributed by atoms with E-state index in [-0.39, 0.29) is 0 Å². The molecular formula is C58H34N4O. The second-order valence-corrected chi connectivity index (χ2v) is 16.7. The second kappa shape index (κ2) is 12.8. The third-order valence-corrected chi connectivity index (χ3v) is 13.5. The summed E-state index contributed by atoms with van der Waals surface area (Å²) in [4.78, 5) is 15.2. The molecule has 0 radical (unpaired) electrons. The quantitative estimate of drug-likeness (QED) is 0.178. The molecule has 3 heterocycles. The van der Waals surface area contributed by atoms with Crippen LogP contribution in [-0.2, 0) is 5.41 Å². The zero-order chi connectivity index (χ0) is 41.2. The van der Waals surface area contributed by atoms with Gasteiger partial charge in [0, 0.05) is 43.9 Å². The summed E-state index contributed by atoms with van der Waals surface area (Å²) in [5.41, 5.74) is 17.8. The molecule has 63 heavy (non-hydrogen) atoms. The minimum absolute atomic E-state index is 0.419. The van der Waals surface area contributed by atoms with Crippen LogP contribution in [0, 0.1) is 0 Å². The molecule has 0 bridgehead atoms. The summed E-state index contributed by atoms with van der Waals surface area (Å²) in [7, 11) is 0. The first-order chi connectivity index (χ1) is 31.2. The van der Waals surface area contributed by atoms with Gasteiger partial charge < -0.3 is 8.98 Å². The molecule has 292 valence electrons. The Bertz CT molecular complexity index is 3760. The molecule has 3 aromatic heterocycles. The number of hydrogen-bond acceptors (Lipinski definition) is 4. The SMILES string of the molecule is c1ccc(-c2nc(-c3ccccc3)nc(-c3cccc4oc5ccc(-n6c7ccccc7c7cc8c(cc76)-c6ccccc6C86c7ccccc7-c7ccccc76)cc5c34)n2)cc1. The summed E-state index contributed by atoms with van der Waals surface area (Å²) in [6.07, 6.45) is 0. The Kier molecular flexibility index (Phi) is 6.97. The molecule has 5 nitrogen and oxygen atoms in total. The summed E-state index contributed by atoms with van der Waals surface area (Å²) in [5.74, 6) is 1.84. The lowest BCUT2D eigenvalue weighted by Gasteiger charge is -2.30. The number of benzene rings is 9. The van der Waals surface area contributed by atoms with Crippen molar-refractivity contribution in [1.82, 2.24) is 19.5 Å². The van der Waals surface area contributed by atoms with E-state index in [1.807, 2.05) is 72.8 Å². The van der Waals surface area contributed by atoms with Crippen molar-refractivity contribution in [1.29, 1.82) is 0 Å². The number of rotatable bonds is 4. The number of fused-ring (bicyclic) bond motifs is 16. The molecule has 1 spiro atoms. The van der Waals surface area contributed by atoms with Gasteiger partial charge in [-0.15, -0.1) is 0 Å². The van der Waals surface area contributed by atoms with E-state index in [4.69, 9.17) is 19.4 Å². The monoisotopic (exact) mass is 802 g/mol. The zero-order valence-electron chi connectivity index (χ0n) is 33.8. The lowest BCUT2D eigenvalue weighted by molar-refractivity contribution is 0.669. The van der Waals surface area contributed by atoms with E-state index in [0.717, 1.165) is 55.3 Å². The van der Waals surface area contributed by atoms with Crippen LogP contribution >= 0.6 is 0 Å². The summed E-state index contributed by atoms with van der Waals surface area (Å²) >= 11 is 0. The van der Waals surface area contributed by atoms with Crippen LogP contribution in [0.3, 0.4) is 0 Å². The minimum atomic E-state index is -0.419. The number of nitrogens with zero attached hydrogens (tertiary/aromatic N) is 4. The van der Waals surface area contributed by atoms with Crippen molar-refractivity contribution in [3.05, 3.63) is 229 Å². The van der Waals surface area contributed by atoms with E-state index >= 15 is 0 Å². The van der Waals surface area contributed by atoms with Gasteiger partial charge >= 0.3 is 0 Å². The van der Waals surface area contributed by atoms with Gasteiger partial charge in [0.25, 0.3) is 0 Å². The summed E-state index contributed by atoms with van der Waals surface area (Å²) in [6.45, 7) is 0. The molecule has 14 rings (SSSR count). The molecule has 0 amide bonds. The average molecular weight is 803 g/mol. The average Bonchev–Trinajstić information content (AvgIpc) is 4.07. The Hall–Kier alpha value is -8.41. The molecule has 12 aromatic rings. The predicted octanol–water partition coefficient (Wildman–Crippen LogP) is 14.2. The summed E-state index contributed by atoms with van der Waals surface area (Å²) in [6, 6.07) is 73.8. The van der Waals surface area contributed by atoms with Crippen molar-refractivity contribution in [3.8, 4) is 62.1 Å². The summed E-state index contributed by atoms with van der Waals surface area (Å²) < 4.78 is 9.05. The summed E-state index contributed by atoms with van der Waals surface area (Å²) in [5, 5.41) is 4.40. The molecule has 2 aliphatic rings. The third kappa shape index (κ3) is 4.68. The van der Waals surface area contributed by atoms with Crippen molar-refractivity contribution < 1.29 is 4.42 Å². The van der Waals surface area contributed by atoms with Crippen molar-refractivity contribution in [2.75, 3.05) is 0 Å². The molecule has 0 N–H and O–H groups in total. The molecule has 0 saturated carbocycles. The van der Waals surface area contributed by atoms with Crippen LogP contribution < -0.4 is 0 Å². The number of hydrogen-bond donors (Lipinski definition) is 0. The number of furan rings is 1. The first-order valence-corrected chi connectivity index (χ1v) is 21.4. The van der Waals surface area contributed by atoms with Gasteiger partial charge in [0.05, 0.1) is 16.4 Å². The Labute approximate surface area is 362 Å². The molecule has 0 aliphatic heterocycles. The number of para-hydroxylation sites is 1. The van der Waals surface area contributed by atoms with E-state index in [9.17, 15) is 0 Å². The van der Waals surface area contributed by atoms with E-state index in [1.165, 1.54) is 55.3 Å². The van der Waals surface area contributed by atoms with Gasteiger partial charge in [-0.3, -0.25) is 0 Å². The molecule has 0 fully saturated rings. The highest BCUT2D eigenvalue weighted by Gasteiger charge is 2.51. The maximum Gasteiger partial charge on any atom is 0.164 e. The van der Waals surface area contributed by atoms with Crippen LogP contribution in [-0.4, -0.2) is 19.5 Å². The highest BCUT2D eigenvalue weighted by molar-refractivity contribution is 6.15. The predicted molar refractivity (Wildman–Crippen MR) is 254 cm³/mol. The molecule has 2 aliphatic carbocycles. The molecule has 9 aromatic carbocycles. The Morgan fingerprint density at radius 3 is 1.57 bits per heavy atom. The van der Waals surface area contributed by atoms with Gasteiger partial charge in [-0.25, -0.2) is 15.0 Å². The first kappa shape index (κ1) is 34.3. The van der Waals surface area contributed by atoms with Crippen molar-refractivity contribution >= 4 is 43.7 Å². The van der Waals surface area contributed by atoms with E-state index in [0.29, 0.717) is 17.5 Å². The Morgan fingerprint density at radius 2 is 0.905 bits per heavy atom. The van der Waals surface area contributed by atoms with Gasteiger partial charge in [0.2, 0.25) is 0 Å².